The zero-order chi connectivity index (χ0) is 11.6. The van der Waals surface area contributed by atoms with E-state index in [1.165, 1.54) is 19.3 Å². The summed E-state index contributed by atoms with van der Waals surface area (Å²) in [7, 11) is 0. The minimum atomic E-state index is 0.347. The van der Waals surface area contributed by atoms with E-state index in [2.05, 4.69) is 17.2 Å². The van der Waals surface area contributed by atoms with Crippen LogP contribution in [0.25, 0.3) is 0 Å². The van der Waals surface area contributed by atoms with Gasteiger partial charge in [0, 0.05) is 18.4 Å². The number of pyridine rings is 1. The van der Waals surface area contributed by atoms with Crippen molar-refractivity contribution in [2.75, 3.05) is 11.9 Å². The van der Waals surface area contributed by atoms with Gasteiger partial charge in [-0.15, -0.1) is 0 Å². The molecule has 1 aliphatic carbocycles. The Bertz CT molecular complexity index is 399. The lowest BCUT2D eigenvalue weighted by molar-refractivity contribution is 0.521. The highest BCUT2D eigenvalue weighted by atomic mass is 32.1. The summed E-state index contributed by atoms with van der Waals surface area (Å²) in [6.45, 7) is 3.28. The zero-order valence-corrected chi connectivity index (χ0v) is 10.3. The fraction of sp³-hybridized carbons (Fsp3) is 0.500. The fourth-order valence-corrected chi connectivity index (χ4v) is 1.91. The van der Waals surface area contributed by atoms with Gasteiger partial charge in [-0.2, -0.15) is 0 Å². The summed E-state index contributed by atoms with van der Waals surface area (Å²) >= 11 is 4.90. The molecule has 0 amide bonds. The maximum atomic E-state index is 5.54. The predicted molar refractivity (Wildman–Crippen MR) is 70.6 cm³/mol. The average Bonchev–Trinajstić information content (AvgIpc) is 3.07. The molecule has 1 fully saturated rings. The van der Waals surface area contributed by atoms with Crippen LogP contribution in [0, 0.1) is 5.41 Å². The van der Waals surface area contributed by atoms with Crippen molar-refractivity contribution in [2.24, 2.45) is 11.1 Å². The first kappa shape index (κ1) is 11.3. The molecule has 0 unspecified atom stereocenters. The van der Waals surface area contributed by atoms with E-state index < -0.39 is 0 Å². The van der Waals surface area contributed by atoms with Crippen molar-refractivity contribution in [2.45, 2.75) is 26.2 Å². The van der Waals surface area contributed by atoms with Crippen LogP contribution in [0.4, 0.5) is 5.69 Å². The van der Waals surface area contributed by atoms with E-state index in [1.54, 1.807) is 6.20 Å². The van der Waals surface area contributed by atoms with Gasteiger partial charge in [0.2, 0.25) is 0 Å². The molecule has 0 aliphatic heterocycles. The van der Waals surface area contributed by atoms with Crippen molar-refractivity contribution in [3.8, 4) is 0 Å². The molecule has 86 valence electrons. The summed E-state index contributed by atoms with van der Waals surface area (Å²) in [4.78, 5) is 4.46. The SMILES string of the molecule is CCC1(CNc2ccnc(C(N)=S)c2)CC1. The molecule has 1 aromatic heterocycles. The van der Waals surface area contributed by atoms with Crippen LogP contribution in [0.15, 0.2) is 18.3 Å². The van der Waals surface area contributed by atoms with Crippen molar-refractivity contribution in [3.63, 3.8) is 0 Å². The van der Waals surface area contributed by atoms with E-state index >= 15 is 0 Å². The highest BCUT2D eigenvalue weighted by Crippen LogP contribution is 2.48. The summed E-state index contributed by atoms with van der Waals surface area (Å²) in [6.07, 6.45) is 5.66. The number of hydrogen-bond donors (Lipinski definition) is 2. The van der Waals surface area contributed by atoms with Gasteiger partial charge in [0.05, 0.1) is 5.69 Å². The van der Waals surface area contributed by atoms with Gasteiger partial charge >= 0.3 is 0 Å². The van der Waals surface area contributed by atoms with E-state index in [4.69, 9.17) is 18.0 Å². The number of rotatable bonds is 5. The van der Waals surface area contributed by atoms with Crippen molar-refractivity contribution in [3.05, 3.63) is 24.0 Å². The lowest BCUT2D eigenvalue weighted by atomic mass is 10.0. The number of hydrogen-bond acceptors (Lipinski definition) is 3. The molecular formula is C12H17N3S. The second-order valence-corrected chi connectivity index (χ2v) is 4.94. The van der Waals surface area contributed by atoms with Gasteiger partial charge in [-0.3, -0.25) is 4.98 Å². The van der Waals surface area contributed by atoms with E-state index in [-0.39, 0.29) is 0 Å². The van der Waals surface area contributed by atoms with Crippen LogP contribution in [0.3, 0.4) is 0 Å². The molecule has 0 radical (unpaired) electrons. The first-order chi connectivity index (χ1) is 7.65. The Morgan fingerprint density at radius 2 is 2.38 bits per heavy atom. The monoisotopic (exact) mass is 235 g/mol. The maximum Gasteiger partial charge on any atom is 0.122 e. The molecule has 1 saturated carbocycles. The topological polar surface area (TPSA) is 50.9 Å². The molecule has 2 rings (SSSR count). The summed E-state index contributed by atoms with van der Waals surface area (Å²) in [6, 6.07) is 3.86. The highest BCUT2D eigenvalue weighted by Gasteiger charge is 2.40. The lowest BCUT2D eigenvalue weighted by Gasteiger charge is -2.14. The van der Waals surface area contributed by atoms with E-state index in [9.17, 15) is 0 Å². The van der Waals surface area contributed by atoms with Gasteiger partial charge in [0.15, 0.2) is 0 Å². The molecule has 4 heteroatoms. The van der Waals surface area contributed by atoms with E-state index in [0.29, 0.717) is 16.1 Å². The van der Waals surface area contributed by atoms with E-state index in [1.807, 2.05) is 12.1 Å². The summed E-state index contributed by atoms with van der Waals surface area (Å²) in [5.74, 6) is 0. The quantitative estimate of drug-likeness (QED) is 0.769. The van der Waals surface area contributed by atoms with Crippen molar-refractivity contribution < 1.29 is 0 Å². The van der Waals surface area contributed by atoms with Crippen molar-refractivity contribution in [1.82, 2.24) is 4.98 Å². The third-order valence-corrected chi connectivity index (χ3v) is 3.60. The molecule has 16 heavy (non-hydrogen) atoms. The Morgan fingerprint density at radius 3 is 2.94 bits per heavy atom. The number of nitrogens with zero attached hydrogens (tertiary/aromatic N) is 1. The second-order valence-electron chi connectivity index (χ2n) is 4.50. The zero-order valence-electron chi connectivity index (χ0n) is 9.49. The minimum absolute atomic E-state index is 0.347. The normalized spacial score (nSPS) is 16.8. The molecule has 3 nitrogen and oxygen atoms in total. The van der Waals surface area contributed by atoms with Crippen LogP contribution in [-0.2, 0) is 0 Å². The van der Waals surface area contributed by atoms with Gasteiger partial charge in [-0.1, -0.05) is 19.1 Å². The third-order valence-electron chi connectivity index (χ3n) is 3.39. The predicted octanol–water partition coefficient (Wildman–Crippen LogP) is 2.32. The second kappa shape index (κ2) is 4.37. The first-order valence-corrected chi connectivity index (χ1v) is 6.06. The molecule has 0 saturated heterocycles. The number of nitrogens with two attached hydrogens (primary N) is 1. The van der Waals surface area contributed by atoms with E-state index in [0.717, 1.165) is 12.2 Å². The fourth-order valence-electron chi connectivity index (χ4n) is 1.80. The van der Waals surface area contributed by atoms with Crippen LogP contribution in [0.2, 0.25) is 0 Å². The van der Waals surface area contributed by atoms with Crippen LogP contribution in [0.5, 0.6) is 0 Å². The Balaban J connectivity index is 1.99. The molecule has 0 bridgehead atoms. The highest BCUT2D eigenvalue weighted by molar-refractivity contribution is 7.80. The Hall–Kier alpha value is -1.16. The van der Waals surface area contributed by atoms with Gasteiger partial charge < -0.3 is 11.1 Å². The number of nitrogens with one attached hydrogen (secondary N) is 1. The average molecular weight is 235 g/mol. The molecule has 3 N–H and O–H groups in total. The summed E-state index contributed by atoms with van der Waals surface area (Å²) in [5, 5.41) is 3.44. The Labute approximate surface area is 101 Å². The molecule has 0 spiro atoms. The number of thiocarbonyl (C=S) groups is 1. The van der Waals surface area contributed by atoms with Gasteiger partial charge in [-0.05, 0) is 36.8 Å². The van der Waals surface area contributed by atoms with Crippen LogP contribution in [-0.4, -0.2) is 16.5 Å². The van der Waals surface area contributed by atoms with Crippen LogP contribution in [0.1, 0.15) is 31.9 Å². The Morgan fingerprint density at radius 1 is 1.62 bits per heavy atom. The first-order valence-electron chi connectivity index (χ1n) is 5.65. The largest absolute Gasteiger partial charge is 0.388 e. The third kappa shape index (κ3) is 2.50. The molecule has 1 aliphatic rings. The van der Waals surface area contributed by atoms with Crippen molar-refractivity contribution >= 4 is 22.9 Å². The molecule has 1 heterocycles. The van der Waals surface area contributed by atoms with Gasteiger partial charge in [-0.25, -0.2) is 0 Å². The lowest BCUT2D eigenvalue weighted by Crippen LogP contribution is -2.16. The van der Waals surface area contributed by atoms with Gasteiger partial charge in [0.1, 0.15) is 4.99 Å². The van der Waals surface area contributed by atoms with Crippen LogP contribution >= 0.6 is 12.2 Å². The van der Waals surface area contributed by atoms with Crippen LogP contribution < -0.4 is 11.1 Å². The molecule has 0 atom stereocenters. The van der Waals surface area contributed by atoms with Gasteiger partial charge in [0.25, 0.3) is 0 Å². The van der Waals surface area contributed by atoms with Crippen molar-refractivity contribution in [1.29, 1.82) is 0 Å². The maximum absolute atomic E-state index is 5.54. The molecule has 0 aromatic carbocycles. The minimum Gasteiger partial charge on any atom is -0.388 e. The summed E-state index contributed by atoms with van der Waals surface area (Å²) < 4.78 is 0. The number of anilines is 1. The number of aromatic nitrogens is 1. The molecular weight excluding hydrogens is 218 g/mol. The standard InChI is InChI=1S/C12H17N3S/c1-2-12(4-5-12)8-15-9-3-6-14-10(7-9)11(13)16/h3,6-7H,2,4-5,8H2,1H3,(H2,13,16)(H,14,15). The summed E-state index contributed by atoms with van der Waals surface area (Å²) in [5.41, 5.74) is 7.81. The molecule has 1 aromatic rings. The smallest absolute Gasteiger partial charge is 0.122 e. The Kier molecular flexibility index (Phi) is 3.10.